The number of hydrogen-bond donors (Lipinski definition) is 1. The molecule has 16 heavy (non-hydrogen) atoms. The van der Waals surface area contributed by atoms with Crippen LogP contribution in [0, 0.1) is 6.92 Å². The predicted octanol–water partition coefficient (Wildman–Crippen LogP) is 4.73. The first-order valence-electron chi connectivity index (χ1n) is 4.89. The standard InChI is InChI=1S/C12H11Br2NO/c1-8-2-4-11(10(13)6-8)15-7-9-3-5-12(14)16-9/h2-6,15H,7H2,1H3. The average Bonchev–Trinajstić information content (AvgIpc) is 2.63. The van der Waals surface area contributed by atoms with Crippen LogP contribution in [0.25, 0.3) is 0 Å². The van der Waals surface area contributed by atoms with E-state index in [2.05, 4.69) is 62.3 Å². The number of benzene rings is 1. The summed E-state index contributed by atoms with van der Waals surface area (Å²) in [5.41, 5.74) is 2.30. The van der Waals surface area contributed by atoms with E-state index in [1.807, 2.05) is 12.1 Å². The van der Waals surface area contributed by atoms with Crippen LogP contribution in [0.1, 0.15) is 11.3 Å². The molecule has 0 radical (unpaired) electrons. The summed E-state index contributed by atoms with van der Waals surface area (Å²) in [6, 6.07) is 10.0. The minimum absolute atomic E-state index is 0.674. The van der Waals surface area contributed by atoms with Crippen molar-refractivity contribution >= 4 is 37.5 Å². The van der Waals surface area contributed by atoms with Crippen LogP contribution in [0.2, 0.25) is 0 Å². The summed E-state index contributed by atoms with van der Waals surface area (Å²) in [4.78, 5) is 0. The Morgan fingerprint density at radius 1 is 1.19 bits per heavy atom. The van der Waals surface area contributed by atoms with Gasteiger partial charge in [0.25, 0.3) is 0 Å². The molecule has 0 saturated heterocycles. The van der Waals surface area contributed by atoms with Crippen molar-refractivity contribution in [1.82, 2.24) is 0 Å². The highest BCUT2D eigenvalue weighted by molar-refractivity contribution is 9.10. The number of nitrogens with one attached hydrogen (secondary N) is 1. The van der Waals surface area contributed by atoms with E-state index in [1.165, 1.54) is 5.56 Å². The van der Waals surface area contributed by atoms with Crippen LogP contribution >= 0.6 is 31.9 Å². The third-order valence-electron chi connectivity index (χ3n) is 2.21. The second kappa shape index (κ2) is 5.06. The monoisotopic (exact) mass is 343 g/mol. The zero-order valence-electron chi connectivity index (χ0n) is 8.76. The molecule has 0 saturated carbocycles. The van der Waals surface area contributed by atoms with Gasteiger partial charge in [0.15, 0.2) is 4.67 Å². The molecule has 0 aliphatic carbocycles. The van der Waals surface area contributed by atoms with Gasteiger partial charge in [-0.15, -0.1) is 0 Å². The molecule has 84 valence electrons. The van der Waals surface area contributed by atoms with E-state index in [9.17, 15) is 0 Å². The Balaban J connectivity index is 2.04. The van der Waals surface area contributed by atoms with Gasteiger partial charge in [0.05, 0.1) is 6.54 Å². The normalized spacial score (nSPS) is 10.4. The maximum atomic E-state index is 5.41. The van der Waals surface area contributed by atoms with Crippen molar-refractivity contribution in [2.24, 2.45) is 0 Å². The number of aryl methyl sites for hydroxylation is 1. The molecular weight excluding hydrogens is 334 g/mol. The van der Waals surface area contributed by atoms with Gasteiger partial charge >= 0.3 is 0 Å². The molecule has 2 aromatic rings. The molecule has 1 N–H and O–H groups in total. The summed E-state index contributed by atoms with van der Waals surface area (Å²) in [6.07, 6.45) is 0. The lowest BCUT2D eigenvalue weighted by Crippen LogP contribution is -1.98. The molecule has 0 fully saturated rings. The van der Waals surface area contributed by atoms with Crippen molar-refractivity contribution in [3.05, 3.63) is 50.8 Å². The summed E-state index contributed by atoms with van der Waals surface area (Å²) in [5.74, 6) is 0.902. The highest BCUT2D eigenvalue weighted by Crippen LogP contribution is 2.24. The van der Waals surface area contributed by atoms with Gasteiger partial charge in [0, 0.05) is 10.2 Å². The van der Waals surface area contributed by atoms with Crippen molar-refractivity contribution in [2.75, 3.05) is 5.32 Å². The van der Waals surface area contributed by atoms with E-state index in [4.69, 9.17) is 4.42 Å². The van der Waals surface area contributed by atoms with E-state index in [-0.39, 0.29) is 0 Å². The van der Waals surface area contributed by atoms with Crippen LogP contribution in [-0.2, 0) is 6.54 Å². The van der Waals surface area contributed by atoms with Crippen LogP contribution in [-0.4, -0.2) is 0 Å². The summed E-state index contributed by atoms with van der Waals surface area (Å²) in [6.45, 7) is 2.74. The van der Waals surface area contributed by atoms with Crippen molar-refractivity contribution in [2.45, 2.75) is 13.5 Å². The van der Waals surface area contributed by atoms with Gasteiger partial charge in [-0.05, 0) is 68.6 Å². The van der Waals surface area contributed by atoms with Crippen LogP contribution in [0.3, 0.4) is 0 Å². The minimum Gasteiger partial charge on any atom is -0.452 e. The Morgan fingerprint density at radius 2 is 2.00 bits per heavy atom. The number of halogens is 2. The molecular formula is C12H11Br2NO. The molecule has 0 amide bonds. The van der Waals surface area contributed by atoms with Gasteiger partial charge < -0.3 is 9.73 Å². The first kappa shape index (κ1) is 11.7. The van der Waals surface area contributed by atoms with Crippen molar-refractivity contribution < 1.29 is 4.42 Å². The SMILES string of the molecule is Cc1ccc(NCc2ccc(Br)o2)c(Br)c1. The summed E-state index contributed by atoms with van der Waals surface area (Å²) in [7, 11) is 0. The molecule has 0 aliphatic rings. The van der Waals surface area contributed by atoms with Crippen LogP contribution in [0.5, 0.6) is 0 Å². The smallest absolute Gasteiger partial charge is 0.169 e. The Morgan fingerprint density at radius 3 is 2.62 bits per heavy atom. The molecule has 2 rings (SSSR count). The molecule has 0 atom stereocenters. The van der Waals surface area contributed by atoms with Gasteiger partial charge in [-0.3, -0.25) is 0 Å². The molecule has 0 bridgehead atoms. The Bertz CT molecular complexity index is 494. The molecule has 1 heterocycles. The largest absolute Gasteiger partial charge is 0.452 e. The minimum atomic E-state index is 0.674. The van der Waals surface area contributed by atoms with Gasteiger partial charge in [0.1, 0.15) is 5.76 Å². The van der Waals surface area contributed by atoms with E-state index in [1.54, 1.807) is 0 Å². The van der Waals surface area contributed by atoms with Crippen LogP contribution < -0.4 is 5.32 Å². The molecule has 0 aliphatic heterocycles. The average molecular weight is 345 g/mol. The van der Waals surface area contributed by atoms with Crippen molar-refractivity contribution in [3.63, 3.8) is 0 Å². The van der Waals surface area contributed by atoms with E-state index in [0.29, 0.717) is 6.54 Å². The second-order valence-corrected chi connectivity index (χ2v) is 5.18. The highest BCUT2D eigenvalue weighted by atomic mass is 79.9. The zero-order valence-corrected chi connectivity index (χ0v) is 11.9. The summed E-state index contributed by atoms with van der Waals surface area (Å²) in [5, 5.41) is 3.31. The lowest BCUT2D eigenvalue weighted by molar-refractivity contribution is 0.495. The number of rotatable bonds is 3. The lowest BCUT2D eigenvalue weighted by Gasteiger charge is -2.07. The van der Waals surface area contributed by atoms with Crippen LogP contribution in [0.15, 0.2) is 43.9 Å². The van der Waals surface area contributed by atoms with E-state index >= 15 is 0 Å². The van der Waals surface area contributed by atoms with Crippen molar-refractivity contribution in [1.29, 1.82) is 0 Å². The fourth-order valence-electron chi connectivity index (χ4n) is 1.39. The van der Waals surface area contributed by atoms with Crippen LogP contribution in [0.4, 0.5) is 5.69 Å². The first-order chi connectivity index (χ1) is 7.65. The van der Waals surface area contributed by atoms with Gasteiger partial charge in [-0.1, -0.05) is 6.07 Å². The third kappa shape index (κ3) is 2.89. The molecule has 0 spiro atoms. The van der Waals surface area contributed by atoms with E-state index < -0.39 is 0 Å². The Labute approximate surface area is 111 Å². The molecule has 4 heteroatoms. The molecule has 2 nitrogen and oxygen atoms in total. The first-order valence-corrected chi connectivity index (χ1v) is 6.48. The third-order valence-corrected chi connectivity index (χ3v) is 3.29. The molecule has 1 aromatic heterocycles. The zero-order chi connectivity index (χ0) is 11.5. The van der Waals surface area contributed by atoms with Gasteiger partial charge in [0.2, 0.25) is 0 Å². The number of furan rings is 1. The summed E-state index contributed by atoms with van der Waals surface area (Å²) >= 11 is 6.80. The Hall–Kier alpha value is -0.740. The maximum absolute atomic E-state index is 5.41. The quantitative estimate of drug-likeness (QED) is 0.871. The second-order valence-electron chi connectivity index (χ2n) is 3.54. The molecule has 1 aromatic carbocycles. The Kier molecular flexibility index (Phi) is 3.71. The molecule has 0 unspecified atom stereocenters. The number of hydrogen-bond acceptors (Lipinski definition) is 2. The van der Waals surface area contributed by atoms with E-state index in [0.717, 1.165) is 20.6 Å². The highest BCUT2D eigenvalue weighted by Gasteiger charge is 2.02. The topological polar surface area (TPSA) is 25.2 Å². The van der Waals surface area contributed by atoms with Gasteiger partial charge in [-0.25, -0.2) is 0 Å². The maximum Gasteiger partial charge on any atom is 0.169 e. The predicted molar refractivity (Wildman–Crippen MR) is 72.6 cm³/mol. The fraction of sp³-hybridized carbons (Fsp3) is 0.167. The fourth-order valence-corrected chi connectivity index (χ4v) is 2.37. The lowest BCUT2D eigenvalue weighted by atomic mass is 10.2. The van der Waals surface area contributed by atoms with Crippen molar-refractivity contribution in [3.8, 4) is 0 Å². The number of anilines is 1. The summed E-state index contributed by atoms with van der Waals surface area (Å²) < 4.78 is 7.23. The van der Waals surface area contributed by atoms with Gasteiger partial charge in [-0.2, -0.15) is 0 Å².